The Kier molecular flexibility index (Phi) is 5.28. The summed E-state index contributed by atoms with van der Waals surface area (Å²) in [6.45, 7) is 7.12. The van der Waals surface area contributed by atoms with Crippen molar-refractivity contribution in [2.45, 2.75) is 81.8 Å². The predicted molar refractivity (Wildman–Crippen MR) is 132 cm³/mol. The lowest BCUT2D eigenvalue weighted by atomic mass is 9.74. The van der Waals surface area contributed by atoms with Crippen molar-refractivity contribution in [2.75, 3.05) is 31.1 Å². The number of benzene rings is 1. The third-order valence-electron chi connectivity index (χ3n) is 9.66. The number of likely N-dealkylation sites (tertiary alicyclic amines) is 2. The molecule has 0 N–H and O–H groups in total. The number of carbonyl (C=O) groups excluding carboxylic acids is 2. The second-order valence-corrected chi connectivity index (χ2v) is 11.1. The fourth-order valence-electron chi connectivity index (χ4n) is 8.03. The van der Waals surface area contributed by atoms with Crippen molar-refractivity contribution in [3.8, 4) is 0 Å². The molecular formula is C28H37N3O3. The molecule has 4 atom stereocenters. The molecule has 2 aliphatic carbocycles. The summed E-state index contributed by atoms with van der Waals surface area (Å²) in [5.41, 5.74) is 2.63. The van der Waals surface area contributed by atoms with Crippen LogP contribution in [0.25, 0.3) is 0 Å². The Morgan fingerprint density at radius 3 is 2.71 bits per heavy atom. The van der Waals surface area contributed by atoms with E-state index >= 15 is 0 Å². The first-order valence-electron chi connectivity index (χ1n) is 13.2. The van der Waals surface area contributed by atoms with E-state index in [1.165, 1.54) is 18.4 Å². The second kappa shape index (κ2) is 8.11. The van der Waals surface area contributed by atoms with E-state index in [2.05, 4.69) is 34.9 Å². The number of nitrogens with zero attached hydrogens (tertiary/aromatic N) is 3. The summed E-state index contributed by atoms with van der Waals surface area (Å²) < 4.78 is 5.57. The Balaban J connectivity index is 1.11. The molecule has 4 fully saturated rings. The van der Waals surface area contributed by atoms with Gasteiger partial charge in [0.25, 0.3) is 0 Å². The number of hydrogen-bond donors (Lipinski definition) is 0. The van der Waals surface area contributed by atoms with Crippen molar-refractivity contribution in [1.29, 1.82) is 0 Å². The SMILES string of the molecule is CCC=CCOC(=O)N1C2CCC3CC(N4CCC5(CC4)CN(C(C)=O)c4ccccc45)CC321. The van der Waals surface area contributed by atoms with Gasteiger partial charge in [-0.1, -0.05) is 37.3 Å². The topological polar surface area (TPSA) is 52.9 Å². The maximum absolute atomic E-state index is 12.8. The van der Waals surface area contributed by atoms with Crippen LogP contribution in [0.3, 0.4) is 0 Å². The molecule has 5 aliphatic rings. The first kappa shape index (κ1) is 22.1. The van der Waals surface area contributed by atoms with Crippen molar-refractivity contribution in [1.82, 2.24) is 9.80 Å². The number of amides is 2. The monoisotopic (exact) mass is 463 g/mol. The van der Waals surface area contributed by atoms with Crippen LogP contribution < -0.4 is 4.90 Å². The molecule has 1 aromatic rings. The number of allylic oxidation sites excluding steroid dienone is 1. The molecule has 2 saturated heterocycles. The average Bonchev–Trinajstić information content (AvgIpc) is 3.10. The largest absolute Gasteiger partial charge is 0.445 e. The smallest absolute Gasteiger partial charge is 0.410 e. The van der Waals surface area contributed by atoms with Crippen LogP contribution in [0.5, 0.6) is 0 Å². The number of carbonyl (C=O) groups is 2. The highest BCUT2D eigenvalue weighted by Gasteiger charge is 2.75. The molecule has 182 valence electrons. The van der Waals surface area contributed by atoms with Gasteiger partial charge in [0, 0.05) is 30.6 Å². The van der Waals surface area contributed by atoms with Crippen molar-refractivity contribution >= 4 is 17.7 Å². The molecule has 34 heavy (non-hydrogen) atoms. The molecule has 2 spiro atoms. The Bertz CT molecular complexity index is 1010. The zero-order valence-electron chi connectivity index (χ0n) is 20.5. The molecule has 2 amide bonds. The van der Waals surface area contributed by atoms with Crippen LogP contribution in [0.4, 0.5) is 10.5 Å². The van der Waals surface area contributed by atoms with Crippen molar-refractivity contribution in [2.24, 2.45) is 5.92 Å². The van der Waals surface area contributed by atoms with Crippen molar-refractivity contribution in [3.63, 3.8) is 0 Å². The summed E-state index contributed by atoms with van der Waals surface area (Å²) in [5.74, 6) is 0.768. The van der Waals surface area contributed by atoms with Gasteiger partial charge in [0.1, 0.15) is 6.61 Å². The number of ether oxygens (including phenoxy) is 1. The Hall–Kier alpha value is -2.34. The lowest BCUT2D eigenvalue weighted by molar-refractivity contribution is -0.116. The minimum atomic E-state index is -0.111. The van der Waals surface area contributed by atoms with E-state index in [9.17, 15) is 9.59 Å². The molecule has 4 unspecified atom stereocenters. The molecular weight excluding hydrogens is 426 g/mol. The molecule has 3 aliphatic heterocycles. The third-order valence-corrected chi connectivity index (χ3v) is 9.66. The summed E-state index contributed by atoms with van der Waals surface area (Å²) >= 11 is 0. The summed E-state index contributed by atoms with van der Waals surface area (Å²) in [6, 6.07) is 9.46. The summed E-state index contributed by atoms with van der Waals surface area (Å²) in [7, 11) is 0. The molecule has 0 aromatic heterocycles. The van der Waals surface area contributed by atoms with E-state index in [1.807, 2.05) is 23.1 Å². The molecule has 6 nitrogen and oxygen atoms in total. The predicted octanol–water partition coefficient (Wildman–Crippen LogP) is 4.48. The lowest BCUT2D eigenvalue weighted by Crippen LogP contribution is -2.48. The van der Waals surface area contributed by atoms with Crippen LogP contribution in [-0.4, -0.2) is 65.7 Å². The first-order valence-corrected chi connectivity index (χ1v) is 13.2. The average molecular weight is 464 g/mol. The molecule has 3 heterocycles. The van der Waals surface area contributed by atoms with Gasteiger partial charge in [0.2, 0.25) is 5.91 Å². The highest BCUT2D eigenvalue weighted by atomic mass is 16.6. The van der Waals surface area contributed by atoms with Gasteiger partial charge >= 0.3 is 6.09 Å². The number of para-hydroxylation sites is 1. The van der Waals surface area contributed by atoms with E-state index in [4.69, 9.17) is 4.74 Å². The molecule has 6 rings (SSSR count). The molecule has 1 aromatic carbocycles. The van der Waals surface area contributed by atoms with Gasteiger partial charge < -0.3 is 14.5 Å². The van der Waals surface area contributed by atoms with Crippen LogP contribution in [0.1, 0.15) is 64.4 Å². The Morgan fingerprint density at radius 2 is 1.94 bits per heavy atom. The Labute approximate surface area is 202 Å². The molecule has 0 radical (unpaired) electrons. The van der Waals surface area contributed by atoms with Gasteiger partial charge in [-0.05, 0) is 75.6 Å². The van der Waals surface area contributed by atoms with Crippen LogP contribution >= 0.6 is 0 Å². The zero-order chi connectivity index (χ0) is 23.5. The Morgan fingerprint density at radius 1 is 1.15 bits per heavy atom. The normalized spacial score (nSPS) is 33.3. The maximum Gasteiger partial charge on any atom is 0.410 e. The lowest BCUT2D eigenvalue weighted by Gasteiger charge is -2.42. The van der Waals surface area contributed by atoms with Crippen LogP contribution in [0, 0.1) is 5.92 Å². The van der Waals surface area contributed by atoms with Gasteiger partial charge in [-0.2, -0.15) is 0 Å². The standard InChI is InChI=1S/C28H37N3O3/c1-3-4-7-16-34-26(33)31-25-11-10-21-17-22(18-28(21,25)31)29-14-12-27(13-15-29)19-30(20(2)32)24-9-6-5-8-23(24)27/h4-9,21-22,25H,3,10-19H2,1-2H3. The number of hydrogen-bond acceptors (Lipinski definition) is 4. The van der Waals surface area contributed by atoms with Gasteiger partial charge in [0.05, 0.1) is 11.6 Å². The van der Waals surface area contributed by atoms with Gasteiger partial charge in [0.15, 0.2) is 0 Å². The fourth-order valence-corrected chi connectivity index (χ4v) is 8.03. The quantitative estimate of drug-likeness (QED) is 0.488. The number of anilines is 1. The molecule has 0 bridgehead atoms. The highest BCUT2D eigenvalue weighted by Crippen LogP contribution is 2.65. The van der Waals surface area contributed by atoms with E-state index in [1.54, 1.807) is 6.92 Å². The summed E-state index contributed by atoms with van der Waals surface area (Å²) in [4.78, 5) is 31.9. The van der Waals surface area contributed by atoms with Crippen LogP contribution in [-0.2, 0) is 14.9 Å². The van der Waals surface area contributed by atoms with Crippen LogP contribution in [0.15, 0.2) is 36.4 Å². The van der Waals surface area contributed by atoms with Crippen molar-refractivity contribution < 1.29 is 14.3 Å². The minimum absolute atomic E-state index is 0.0662. The maximum atomic E-state index is 12.8. The van der Waals surface area contributed by atoms with E-state index < -0.39 is 0 Å². The van der Waals surface area contributed by atoms with Gasteiger partial charge in [-0.3, -0.25) is 9.69 Å². The summed E-state index contributed by atoms with van der Waals surface area (Å²) in [5, 5.41) is 0. The molecule has 2 saturated carbocycles. The van der Waals surface area contributed by atoms with Crippen molar-refractivity contribution in [3.05, 3.63) is 42.0 Å². The van der Waals surface area contributed by atoms with E-state index in [0.717, 1.165) is 57.4 Å². The van der Waals surface area contributed by atoms with E-state index in [-0.39, 0.29) is 23.0 Å². The number of piperidine rings is 2. The van der Waals surface area contributed by atoms with Gasteiger partial charge in [-0.25, -0.2) is 4.79 Å². The van der Waals surface area contributed by atoms with E-state index in [0.29, 0.717) is 24.6 Å². The van der Waals surface area contributed by atoms with Gasteiger partial charge in [-0.15, -0.1) is 0 Å². The first-order chi connectivity index (χ1) is 16.5. The minimum Gasteiger partial charge on any atom is -0.445 e. The zero-order valence-corrected chi connectivity index (χ0v) is 20.5. The number of rotatable bonds is 4. The third kappa shape index (κ3) is 3.17. The number of fused-ring (bicyclic) bond motifs is 2. The van der Waals surface area contributed by atoms with Crippen LogP contribution in [0.2, 0.25) is 0 Å². The summed E-state index contributed by atoms with van der Waals surface area (Å²) in [6.07, 6.45) is 11.7. The fraction of sp³-hybridized carbons (Fsp3) is 0.643. The molecule has 6 heteroatoms. The second-order valence-electron chi connectivity index (χ2n) is 11.1. The highest BCUT2D eigenvalue weighted by molar-refractivity contribution is 5.94.